The van der Waals surface area contributed by atoms with Crippen LogP contribution < -0.4 is 5.32 Å². The van der Waals surface area contributed by atoms with Crippen molar-refractivity contribution >= 4 is 11.9 Å². The lowest BCUT2D eigenvalue weighted by Crippen LogP contribution is -2.48. The van der Waals surface area contributed by atoms with Gasteiger partial charge >= 0.3 is 5.97 Å². The molecule has 1 fully saturated rings. The van der Waals surface area contributed by atoms with Crippen molar-refractivity contribution in [1.82, 2.24) is 20.1 Å². The minimum absolute atomic E-state index is 0.0677. The summed E-state index contributed by atoms with van der Waals surface area (Å²) in [7, 11) is 0. The van der Waals surface area contributed by atoms with Gasteiger partial charge in [-0.2, -0.15) is 0 Å². The van der Waals surface area contributed by atoms with Crippen LogP contribution >= 0.6 is 0 Å². The van der Waals surface area contributed by atoms with Crippen LogP contribution in [0.2, 0.25) is 0 Å². The molecule has 24 heavy (non-hydrogen) atoms. The van der Waals surface area contributed by atoms with Gasteiger partial charge in [0.15, 0.2) is 0 Å². The summed E-state index contributed by atoms with van der Waals surface area (Å²) in [6.45, 7) is 0.947. The van der Waals surface area contributed by atoms with Gasteiger partial charge in [0, 0.05) is 12.5 Å². The van der Waals surface area contributed by atoms with E-state index in [0.717, 1.165) is 12.1 Å². The van der Waals surface area contributed by atoms with Crippen molar-refractivity contribution in [2.75, 3.05) is 13.2 Å². The Hall–Kier alpha value is -2.74. The average Bonchev–Trinajstić information content (AvgIpc) is 3.11. The Labute approximate surface area is 138 Å². The van der Waals surface area contributed by atoms with Crippen LogP contribution in [-0.4, -0.2) is 51.0 Å². The highest BCUT2D eigenvalue weighted by Crippen LogP contribution is 2.18. The average molecular weight is 330 g/mol. The number of hydrogen-bond acceptors (Lipinski definition) is 5. The number of amides is 1. The van der Waals surface area contributed by atoms with Crippen LogP contribution in [0.25, 0.3) is 5.69 Å². The fraction of sp³-hybridized carbons (Fsp3) is 0.375. The Balaban J connectivity index is 1.71. The number of nitrogens with zero attached hydrogens (tertiary/aromatic N) is 3. The summed E-state index contributed by atoms with van der Waals surface area (Å²) >= 11 is 0. The number of nitrogens with one attached hydrogen (secondary N) is 1. The van der Waals surface area contributed by atoms with Gasteiger partial charge in [0.25, 0.3) is 5.91 Å². The van der Waals surface area contributed by atoms with Crippen LogP contribution in [0.15, 0.2) is 36.7 Å². The van der Waals surface area contributed by atoms with Crippen LogP contribution in [0.4, 0.5) is 0 Å². The molecule has 0 spiro atoms. The number of aliphatic carboxylic acids is 1. The molecule has 0 unspecified atom stereocenters. The van der Waals surface area contributed by atoms with Crippen molar-refractivity contribution in [2.24, 2.45) is 5.92 Å². The summed E-state index contributed by atoms with van der Waals surface area (Å²) in [5.74, 6) is -2.01. The molecule has 0 saturated carbocycles. The second-order valence-corrected chi connectivity index (χ2v) is 5.61. The van der Waals surface area contributed by atoms with Crippen molar-refractivity contribution in [3.63, 3.8) is 0 Å². The zero-order valence-electron chi connectivity index (χ0n) is 13.0. The summed E-state index contributed by atoms with van der Waals surface area (Å²) in [6, 6.07) is 8.21. The lowest BCUT2D eigenvalue weighted by atomic mass is 9.93. The first-order valence-corrected chi connectivity index (χ1v) is 7.73. The van der Waals surface area contributed by atoms with Crippen LogP contribution in [-0.2, 0) is 9.53 Å². The standard InChI is InChI=1S/C16H18N4O4/c21-15(18-13(16(22)23)11-5-4-8-24-9-11)14-17-10-20(19-14)12-6-2-1-3-7-12/h1-3,6-7,10-11,13H,4-5,8-9H2,(H,18,21)(H,22,23)/t11-,13+/m1/s1. The third-order valence-electron chi connectivity index (χ3n) is 3.94. The van der Waals surface area contributed by atoms with Gasteiger partial charge in [0.05, 0.1) is 12.3 Å². The molecule has 1 amide bonds. The molecule has 1 saturated heterocycles. The number of ether oxygens (including phenoxy) is 1. The first-order chi connectivity index (χ1) is 11.6. The van der Waals surface area contributed by atoms with Gasteiger partial charge in [-0.15, -0.1) is 5.10 Å². The molecule has 2 atom stereocenters. The molecule has 1 aliphatic heterocycles. The number of carbonyl (C=O) groups is 2. The summed E-state index contributed by atoms with van der Waals surface area (Å²) in [4.78, 5) is 27.7. The predicted molar refractivity (Wildman–Crippen MR) is 83.8 cm³/mol. The number of carbonyl (C=O) groups excluding carboxylic acids is 1. The van der Waals surface area contributed by atoms with Crippen molar-refractivity contribution in [1.29, 1.82) is 0 Å². The van der Waals surface area contributed by atoms with E-state index in [0.29, 0.717) is 19.6 Å². The van der Waals surface area contributed by atoms with Crippen LogP contribution in [0, 0.1) is 5.92 Å². The highest BCUT2D eigenvalue weighted by Gasteiger charge is 2.32. The van der Waals surface area contributed by atoms with E-state index >= 15 is 0 Å². The fourth-order valence-corrected chi connectivity index (χ4v) is 2.69. The summed E-state index contributed by atoms with van der Waals surface area (Å²) in [6.07, 6.45) is 2.90. The van der Waals surface area contributed by atoms with Crippen LogP contribution in [0.5, 0.6) is 0 Å². The van der Waals surface area contributed by atoms with Crippen molar-refractivity contribution < 1.29 is 19.4 Å². The lowest BCUT2D eigenvalue weighted by Gasteiger charge is -2.27. The molecule has 0 radical (unpaired) electrons. The van der Waals surface area contributed by atoms with E-state index in [1.807, 2.05) is 30.3 Å². The number of carboxylic acid groups (broad SMARTS) is 1. The van der Waals surface area contributed by atoms with Crippen LogP contribution in [0.1, 0.15) is 23.5 Å². The summed E-state index contributed by atoms with van der Waals surface area (Å²) < 4.78 is 6.78. The number of para-hydroxylation sites is 1. The molecular weight excluding hydrogens is 312 g/mol. The Morgan fingerprint density at radius 3 is 2.79 bits per heavy atom. The number of hydrogen-bond donors (Lipinski definition) is 2. The molecule has 3 rings (SSSR count). The minimum atomic E-state index is -1.08. The Morgan fingerprint density at radius 2 is 2.12 bits per heavy atom. The SMILES string of the molecule is O=C(N[C@H](C(=O)O)[C@@H]1CCCOC1)c1ncn(-c2ccccc2)n1. The van der Waals surface area contributed by atoms with Gasteiger partial charge in [0.1, 0.15) is 12.4 Å². The van der Waals surface area contributed by atoms with E-state index in [2.05, 4.69) is 15.4 Å². The maximum atomic E-state index is 12.3. The Morgan fingerprint density at radius 1 is 1.33 bits per heavy atom. The smallest absolute Gasteiger partial charge is 0.326 e. The van der Waals surface area contributed by atoms with E-state index in [9.17, 15) is 14.7 Å². The van der Waals surface area contributed by atoms with Gasteiger partial charge in [-0.05, 0) is 25.0 Å². The zero-order valence-corrected chi connectivity index (χ0v) is 13.0. The first kappa shape index (κ1) is 16.1. The van der Waals surface area contributed by atoms with E-state index in [1.165, 1.54) is 11.0 Å². The van der Waals surface area contributed by atoms with Gasteiger partial charge in [-0.1, -0.05) is 18.2 Å². The van der Waals surface area contributed by atoms with Gasteiger partial charge in [0.2, 0.25) is 5.82 Å². The highest BCUT2D eigenvalue weighted by atomic mass is 16.5. The maximum absolute atomic E-state index is 12.3. The monoisotopic (exact) mass is 330 g/mol. The Bertz CT molecular complexity index is 710. The maximum Gasteiger partial charge on any atom is 0.326 e. The quantitative estimate of drug-likeness (QED) is 0.843. The van der Waals surface area contributed by atoms with E-state index in [1.54, 1.807) is 0 Å². The van der Waals surface area contributed by atoms with Crippen molar-refractivity contribution in [3.05, 3.63) is 42.5 Å². The number of carboxylic acids is 1. The topological polar surface area (TPSA) is 106 Å². The molecule has 0 bridgehead atoms. The second-order valence-electron chi connectivity index (χ2n) is 5.61. The third-order valence-corrected chi connectivity index (χ3v) is 3.94. The normalized spacial score (nSPS) is 18.8. The number of rotatable bonds is 5. The van der Waals surface area contributed by atoms with E-state index < -0.39 is 17.9 Å². The highest BCUT2D eigenvalue weighted by molar-refractivity contribution is 5.93. The molecule has 1 aliphatic rings. The van der Waals surface area contributed by atoms with Gasteiger partial charge in [-0.25, -0.2) is 14.5 Å². The lowest BCUT2D eigenvalue weighted by molar-refractivity contribution is -0.142. The Kier molecular flexibility index (Phi) is 4.85. The zero-order chi connectivity index (χ0) is 16.9. The van der Waals surface area contributed by atoms with Crippen molar-refractivity contribution in [2.45, 2.75) is 18.9 Å². The van der Waals surface area contributed by atoms with Crippen molar-refractivity contribution in [3.8, 4) is 5.69 Å². The molecule has 8 heteroatoms. The fourth-order valence-electron chi connectivity index (χ4n) is 2.69. The molecule has 2 aromatic rings. The summed E-state index contributed by atoms with van der Waals surface area (Å²) in [5, 5.41) is 16.0. The molecule has 126 valence electrons. The molecule has 0 aliphatic carbocycles. The van der Waals surface area contributed by atoms with E-state index in [4.69, 9.17) is 4.74 Å². The van der Waals surface area contributed by atoms with Crippen LogP contribution in [0.3, 0.4) is 0 Å². The van der Waals surface area contributed by atoms with E-state index in [-0.39, 0.29) is 11.7 Å². The molecule has 1 aromatic carbocycles. The second kappa shape index (κ2) is 7.22. The predicted octanol–water partition coefficient (Wildman–Crippen LogP) is 0.877. The molecule has 2 heterocycles. The first-order valence-electron chi connectivity index (χ1n) is 7.73. The minimum Gasteiger partial charge on any atom is -0.480 e. The molecule has 1 aromatic heterocycles. The number of aromatic nitrogens is 3. The summed E-state index contributed by atoms with van der Waals surface area (Å²) in [5.41, 5.74) is 0.763. The van der Waals surface area contributed by atoms with Gasteiger partial charge in [-0.3, -0.25) is 4.79 Å². The molecule has 2 N–H and O–H groups in total. The third kappa shape index (κ3) is 3.60. The number of benzene rings is 1. The molecular formula is C16H18N4O4. The largest absolute Gasteiger partial charge is 0.480 e. The molecule has 8 nitrogen and oxygen atoms in total. The van der Waals surface area contributed by atoms with Gasteiger partial charge < -0.3 is 15.2 Å².